The second-order valence-electron chi connectivity index (χ2n) is 4.93. The first-order chi connectivity index (χ1) is 9.08. The maximum Gasteiger partial charge on any atom is 0.273 e. The summed E-state index contributed by atoms with van der Waals surface area (Å²) in [7, 11) is 0. The van der Waals surface area contributed by atoms with E-state index in [1.54, 1.807) is 11.3 Å². The third kappa shape index (κ3) is 3.44. The normalized spacial score (nSPS) is 12.6. The van der Waals surface area contributed by atoms with Crippen molar-refractivity contribution in [1.29, 1.82) is 0 Å². The van der Waals surface area contributed by atoms with E-state index in [0.29, 0.717) is 11.5 Å². The molecule has 19 heavy (non-hydrogen) atoms. The molecule has 2 aromatic rings. The minimum atomic E-state index is -0.167. The highest BCUT2D eigenvalue weighted by Crippen LogP contribution is 2.18. The lowest BCUT2D eigenvalue weighted by Crippen LogP contribution is -2.34. The quantitative estimate of drug-likeness (QED) is 0.913. The van der Waals surface area contributed by atoms with Crippen LogP contribution in [0.25, 0.3) is 0 Å². The second kappa shape index (κ2) is 6.02. The summed E-state index contributed by atoms with van der Waals surface area (Å²) in [5.74, 6) is 0.621. The predicted molar refractivity (Wildman–Crippen MR) is 75.5 cm³/mol. The van der Waals surface area contributed by atoms with Crippen molar-refractivity contribution in [2.75, 3.05) is 0 Å². The lowest BCUT2D eigenvalue weighted by Gasteiger charge is -2.13. The lowest BCUT2D eigenvalue weighted by atomic mass is 10.1. The zero-order chi connectivity index (χ0) is 13.8. The van der Waals surface area contributed by atoms with Gasteiger partial charge in [-0.25, -0.2) is 4.98 Å². The summed E-state index contributed by atoms with van der Waals surface area (Å²) in [5.41, 5.74) is 1.63. The Morgan fingerprint density at radius 1 is 1.47 bits per heavy atom. The van der Waals surface area contributed by atoms with Crippen LogP contribution < -0.4 is 5.32 Å². The fraction of sp³-hybridized carbons (Fsp3) is 0.429. The van der Waals surface area contributed by atoms with Crippen molar-refractivity contribution in [3.8, 4) is 0 Å². The van der Waals surface area contributed by atoms with Gasteiger partial charge in [0, 0.05) is 12.0 Å². The zero-order valence-corrected chi connectivity index (χ0v) is 12.2. The minimum absolute atomic E-state index is 0.0683. The van der Waals surface area contributed by atoms with Gasteiger partial charge in [-0.15, -0.1) is 0 Å². The number of rotatable bonds is 5. The highest BCUT2D eigenvalue weighted by molar-refractivity contribution is 7.07. The van der Waals surface area contributed by atoms with E-state index in [1.165, 1.54) is 12.0 Å². The molecule has 0 bridgehead atoms. The molecule has 0 aliphatic rings. The first-order valence-corrected chi connectivity index (χ1v) is 7.27. The van der Waals surface area contributed by atoms with Crippen molar-refractivity contribution < 1.29 is 9.21 Å². The Labute approximate surface area is 116 Å². The molecule has 0 aliphatic carbocycles. The number of aromatic nitrogens is 1. The van der Waals surface area contributed by atoms with Crippen LogP contribution in [0.3, 0.4) is 0 Å². The number of thiophene rings is 1. The molecule has 1 atom stereocenters. The number of hydrogen-bond acceptors (Lipinski definition) is 4. The number of nitrogens with one attached hydrogen (secondary N) is 1. The molecule has 1 amide bonds. The van der Waals surface area contributed by atoms with Crippen LogP contribution in [-0.2, 0) is 6.42 Å². The van der Waals surface area contributed by atoms with Crippen LogP contribution in [0.4, 0.5) is 0 Å². The van der Waals surface area contributed by atoms with Crippen LogP contribution in [0, 0.1) is 0 Å². The standard InChI is InChI=1S/C14H18N2O2S/c1-9(2)13-12(15-8-18-13)14(17)16-10(3)6-11-4-5-19-7-11/h4-5,7-10H,6H2,1-3H3,(H,16,17)/t10-/m0/s1. The molecular formula is C14H18N2O2S. The number of carbonyl (C=O) groups excluding carboxylic acids is 1. The SMILES string of the molecule is CC(C)c1ocnc1C(=O)N[C@@H](C)Cc1ccsc1. The van der Waals surface area contributed by atoms with Crippen LogP contribution >= 0.6 is 11.3 Å². The summed E-state index contributed by atoms with van der Waals surface area (Å²) < 4.78 is 5.26. The predicted octanol–water partition coefficient (Wildman–Crippen LogP) is 3.22. The van der Waals surface area contributed by atoms with Gasteiger partial charge in [0.15, 0.2) is 12.1 Å². The number of oxazole rings is 1. The topological polar surface area (TPSA) is 55.1 Å². The van der Waals surface area contributed by atoms with Crippen molar-refractivity contribution in [1.82, 2.24) is 10.3 Å². The molecule has 0 aliphatic heterocycles. The van der Waals surface area contributed by atoms with Gasteiger partial charge in [0.2, 0.25) is 0 Å². The zero-order valence-electron chi connectivity index (χ0n) is 11.3. The van der Waals surface area contributed by atoms with Crippen LogP contribution in [0.5, 0.6) is 0 Å². The summed E-state index contributed by atoms with van der Waals surface area (Å²) in [4.78, 5) is 16.1. The number of carbonyl (C=O) groups is 1. The number of nitrogens with zero attached hydrogens (tertiary/aromatic N) is 1. The molecule has 0 spiro atoms. The highest BCUT2D eigenvalue weighted by Gasteiger charge is 2.20. The Hall–Kier alpha value is -1.62. The van der Waals surface area contributed by atoms with Crippen LogP contribution in [-0.4, -0.2) is 16.9 Å². The van der Waals surface area contributed by atoms with Crippen LogP contribution in [0.15, 0.2) is 27.6 Å². The van der Waals surface area contributed by atoms with Gasteiger partial charge < -0.3 is 9.73 Å². The van der Waals surface area contributed by atoms with E-state index in [-0.39, 0.29) is 17.9 Å². The fourth-order valence-electron chi connectivity index (χ4n) is 1.94. The summed E-state index contributed by atoms with van der Waals surface area (Å²) in [6, 6.07) is 2.14. The molecule has 0 unspecified atom stereocenters. The van der Waals surface area contributed by atoms with Crippen molar-refractivity contribution in [3.05, 3.63) is 40.2 Å². The summed E-state index contributed by atoms with van der Waals surface area (Å²) in [5, 5.41) is 7.09. The molecule has 102 valence electrons. The van der Waals surface area contributed by atoms with Crippen molar-refractivity contribution in [2.45, 2.75) is 39.2 Å². The van der Waals surface area contributed by atoms with Gasteiger partial charge in [-0.1, -0.05) is 13.8 Å². The summed E-state index contributed by atoms with van der Waals surface area (Å²) in [6.45, 7) is 5.95. The lowest BCUT2D eigenvalue weighted by molar-refractivity contribution is 0.0933. The monoisotopic (exact) mass is 278 g/mol. The van der Waals surface area contributed by atoms with Gasteiger partial charge in [-0.3, -0.25) is 4.79 Å². The average Bonchev–Trinajstić information content (AvgIpc) is 2.97. The first-order valence-electron chi connectivity index (χ1n) is 6.33. The first kappa shape index (κ1) is 13.8. The molecule has 0 saturated heterocycles. The van der Waals surface area contributed by atoms with Gasteiger partial charge in [0.05, 0.1) is 0 Å². The van der Waals surface area contributed by atoms with E-state index >= 15 is 0 Å². The fourth-order valence-corrected chi connectivity index (χ4v) is 2.62. The van der Waals surface area contributed by atoms with Crippen molar-refractivity contribution >= 4 is 17.2 Å². The molecule has 0 fully saturated rings. The van der Waals surface area contributed by atoms with Gasteiger partial charge >= 0.3 is 0 Å². The molecule has 1 N–H and O–H groups in total. The number of hydrogen-bond donors (Lipinski definition) is 1. The number of amides is 1. The Morgan fingerprint density at radius 2 is 2.26 bits per heavy atom. The average molecular weight is 278 g/mol. The van der Waals surface area contributed by atoms with Gasteiger partial charge in [0.25, 0.3) is 5.91 Å². The molecule has 4 nitrogen and oxygen atoms in total. The third-order valence-electron chi connectivity index (χ3n) is 2.83. The van der Waals surface area contributed by atoms with E-state index in [0.717, 1.165) is 6.42 Å². The molecular weight excluding hydrogens is 260 g/mol. The van der Waals surface area contributed by atoms with Crippen molar-refractivity contribution in [2.24, 2.45) is 0 Å². The van der Waals surface area contributed by atoms with Gasteiger partial charge in [-0.05, 0) is 35.7 Å². The minimum Gasteiger partial charge on any atom is -0.447 e. The van der Waals surface area contributed by atoms with Gasteiger partial charge in [-0.2, -0.15) is 11.3 Å². The molecule has 2 heterocycles. The molecule has 0 aromatic carbocycles. The smallest absolute Gasteiger partial charge is 0.273 e. The molecule has 0 saturated carbocycles. The highest BCUT2D eigenvalue weighted by atomic mass is 32.1. The Morgan fingerprint density at radius 3 is 2.89 bits per heavy atom. The van der Waals surface area contributed by atoms with E-state index in [1.807, 2.05) is 26.2 Å². The second-order valence-corrected chi connectivity index (χ2v) is 5.71. The Kier molecular flexibility index (Phi) is 4.37. The summed E-state index contributed by atoms with van der Waals surface area (Å²) in [6.07, 6.45) is 2.15. The van der Waals surface area contributed by atoms with E-state index in [2.05, 4.69) is 21.7 Å². The van der Waals surface area contributed by atoms with Crippen molar-refractivity contribution in [3.63, 3.8) is 0 Å². The maximum absolute atomic E-state index is 12.1. The Balaban J connectivity index is 1.98. The maximum atomic E-state index is 12.1. The molecule has 0 radical (unpaired) electrons. The largest absolute Gasteiger partial charge is 0.447 e. The molecule has 2 aromatic heterocycles. The molecule has 5 heteroatoms. The third-order valence-corrected chi connectivity index (χ3v) is 3.57. The van der Waals surface area contributed by atoms with Crippen LogP contribution in [0.2, 0.25) is 0 Å². The Bertz CT molecular complexity index is 531. The van der Waals surface area contributed by atoms with Crippen LogP contribution in [0.1, 0.15) is 48.5 Å². The summed E-state index contributed by atoms with van der Waals surface area (Å²) >= 11 is 1.66. The molecule has 2 rings (SSSR count). The van der Waals surface area contributed by atoms with E-state index < -0.39 is 0 Å². The van der Waals surface area contributed by atoms with E-state index in [4.69, 9.17) is 4.42 Å². The van der Waals surface area contributed by atoms with E-state index in [9.17, 15) is 4.79 Å². The van der Waals surface area contributed by atoms with Gasteiger partial charge in [0.1, 0.15) is 5.76 Å².